The van der Waals surface area contributed by atoms with E-state index in [1.165, 1.54) is 5.82 Å². The minimum absolute atomic E-state index is 0.540. The van der Waals surface area contributed by atoms with Gasteiger partial charge in [0.2, 0.25) is 0 Å². The standard InChI is InChI=1S/C11H20N4/c1-4-5-15-9(3)13-14-11(15)10-7-12-6-8(10)2/h8,10,12H,4-7H2,1-3H3/t8-,10-/m1/s1. The first-order valence-corrected chi connectivity index (χ1v) is 5.84. The van der Waals surface area contributed by atoms with E-state index in [9.17, 15) is 0 Å². The molecule has 2 rings (SSSR count). The molecule has 1 fully saturated rings. The van der Waals surface area contributed by atoms with Crippen LogP contribution in [0.2, 0.25) is 0 Å². The monoisotopic (exact) mass is 208 g/mol. The second kappa shape index (κ2) is 4.31. The molecule has 2 atom stereocenters. The van der Waals surface area contributed by atoms with Gasteiger partial charge in [-0.25, -0.2) is 0 Å². The highest BCUT2D eigenvalue weighted by Crippen LogP contribution is 2.26. The van der Waals surface area contributed by atoms with Crippen LogP contribution in [0.5, 0.6) is 0 Å². The third-order valence-corrected chi connectivity index (χ3v) is 3.26. The van der Waals surface area contributed by atoms with Crippen molar-refractivity contribution < 1.29 is 0 Å². The van der Waals surface area contributed by atoms with Gasteiger partial charge in [0.15, 0.2) is 0 Å². The molecule has 15 heavy (non-hydrogen) atoms. The highest BCUT2D eigenvalue weighted by Gasteiger charge is 2.29. The maximum atomic E-state index is 4.34. The molecular formula is C11H20N4. The average molecular weight is 208 g/mol. The first kappa shape index (κ1) is 10.6. The van der Waals surface area contributed by atoms with Crippen LogP contribution in [0, 0.1) is 12.8 Å². The van der Waals surface area contributed by atoms with Crippen LogP contribution >= 0.6 is 0 Å². The SMILES string of the molecule is CCCn1c(C)nnc1[C@@H]1CNC[C@H]1C. The van der Waals surface area contributed by atoms with Gasteiger partial charge in [0.1, 0.15) is 11.6 Å². The quantitative estimate of drug-likeness (QED) is 0.814. The van der Waals surface area contributed by atoms with Crippen LogP contribution in [-0.4, -0.2) is 27.9 Å². The molecule has 1 aromatic rings. The van der Waals surface area contributed by atoms with Crippen molar-refractivity contribution in [2.75, 3.05) is 13.1 Å². The van der Waals surface area contributed by atoms with Gasteiger partial charge in [0.25, 0.3) is 0 Å². The van der Waals surface area contributed by atoms with Crippen molar-refractivity contribution in [3.05, 3.63) is 11.6 Å². The summed E-state index contributed by atoms with van der Waals surface area (Å²) in [5, 5.41) is 12.0. The average Bonchev–Trinajstić information content (AvgIpc) is 2.76. The predicted molar refractivity (Wildman–Crippen MR) is 59.8 cm³/mol. The zero-order chi connectivity index (χ0) is 10.8. The Morgan fingerprint density at radius 1 is 1.40 bits per heavy atom. The molecule has 0 aromatic carbocycles. The van der Waals surface area contributed by atoms with Crippen molar-refractivity contribution in [2.45, 2.75) is 39.7 Å². The Labute approximate surface area is 91.1 Å². The lowest BCUT2D eigenvalue weighted by Crippen LogP contribution is -2.15. The molecule has 2 heterocycles. The van der Waals surface area contributed by atoms with Crippen LogP contribution in [-0.2, 0) is 6.54 Å². The number of hydrogen-bond acceptors (Lipinski definition) is 3. The van der Waals surface area contributed by atoms with Crippen molar-refractivity contribution in [3.63, 3.8) is 0 Å². The van der Waals surface area contributed by atoms with Gasteiger partial charge < -0.3 is 9.88 Å². The van der Waals surface area contributed by atoms with Crippen LogP contribution < -0.4 is 5.32 Å². The number of aryl methyl sites for hydroxylation is 1. The molecule has 4 heteroatoms. The van der Waals surface area contributed by atoms with E-state index in [2.05, 4.69) is 33.9 Å². The first-order chi connectivity index (χ1) is 7.24. The molecule has 0 radical (unpaired) electrons. The van der Waals surface area contributed by atoms with Gasteiger partial charge in [-0.2, -0.15) is 0 Å². The summed E-state index contributed by atoms with van der Waals surface area (Å²) < 4.78 is 2.27. The fourth-order valence-electron chi connectivity index (χ4n) is 2.33. The third-order valence-electron chi connectivity index (χ3n) is 3.26. The van der Waals surface area contributed by atoms with Crippen molar-refractivity contribution in [1.29, 1.82) is 0 Å². The van der Waals surface area contributed by atoms with Gasteiger partial charge in [0, 0.05) is 19.0 Å². The van der Waals surface area contributed by atoms with Crippen molar-refractivity contribution in [1.82, 2.24) is 20.1 Å². The Kier molecular flexibility index (Phi) is 3.05. The summed E-state index contributed by atoms with van der Waals surface area (Å²) in [6.45, 7) is 9.70. The molecule has 0 spiro atoms. The van der Waals surface area contributed by atoms with Crippen molar-refractivity contribution >= 4 is 0 Å². The molecule has 1 aliphatic heterocycles. The second-order valence-electron chi connectivity index (χ2n) is 4.50. The summed E-state index contributed by atoms with van der Waals surface area (Å²) in [4.78, 5) is 0. The Balaban J connectivity index is 2.26. The fraction of sp³-hybridized carbons (Fsp3) is 0.818. The molecule has 0 saturated carbocycles. The maximum absolute atomic E-state index is 4.34. The predicted octanol–water partition coefficient (Wildman–Crippen LogP) is 1.32. The molecule has 0 amide bonds. The van der Waals surface area contributed by atoms with E-state index in [4.69, 9.17) is 0 Å². The van der Waals surface area contributed by atoms with Gasteiger partial charge in [-0.15, -0.1) is 10.2 Å². The van der Waals surface area contributed by atoms with E-state index in [-0.39, 0.29) is 0 Å². The van der Waals surface area contributed by atoms with Gasteiger partial charge in [-0.05, 0) is 25.8 Å². The number of rotatable bonds is 3. The summed E-state index contributed by atoms with van der Waals surface area (Å²) >= 11 is 0. The first-order valence-electron chi connectivity index (χ1n) is 5.84. The van der Waals surface area contributed by atoms with E-state index >= 15 is 0 Å². The molecular weight excluding hydrogens is 188 g/mol. The molecule has 0 unspecified atom stereocenters. The van der Waals surface area contributed by atoms with E-state index in [1.807, 2.05) is 6.92 Å². The number of aromatic nitrogens is 3. The third kappa shape index (κ3) is 1.91. The molecule has 4 nitrogen and oxygen atoms in total. The normalized spacial score (nSPS) is 26.1. The van der Waals surface area contributed by atoms with E-state index in [1.54, 1.807) is 0 Å². The fourth-order valence-corrected chi connectivity index (χ4v) is 2.33. The lowest BCUT2D eigenvalue weighted by molar-refractivity contribution is 0.505. The maximum Gasteiger partial charge on any atom is 0.137 e. The summed E-state index contributed by atoms with van der Waals surface area (Å²) in [6, 6.07) is 0. The second-order valence-corrected chi connectivity index (χ2v) is 4.50. The molecule has 0 aliphatic carbocycles. The highest BCUT2D eigenvalue weighted by atomic mass is 15.3. The Morgan fingerprint density at radius 2 is 2.20 bits per heavy atom. The lowest BCUT2D eigenvalue weighted by Gasteiger charge is -2.15. The van der Waals surface area contributed by atoms with Gasteiger partial charge in [-0.1, -0.05) is 13.8 Å². The minimum Gasteiger partial charge on any atom is -0.316 e. The minimum atomic E-state index is 0.540. The van der Waals surface area contributed by atoms with Crippen LogP contribution in [0.15, 0.2) is 0 Å². The van der Waals surface area contributed by atoms with Crippen molar-refractivity contribution in [2.24, 2.45) is 5.92 Å². The molecule has 1 aliphatic rings. The molecule has 0 bridgehead atoms. The van der Waals surface area contributed by atoms with Crippen LogP contribution in [0.4, 0.5) is 0 Å². The number of nitrogens with one attached hydrogen (secondary N) is 1. The largest absolute Gasteiger partial charge is 0.316 e. The summed E-state index contributed by atoms with van der Waals surface area (Å²) in [5.41, 5.74) is 0. The Bertz CT molecular complexity index is 331. The molecule has 1 saturated heterocycles. The zero-order valence-electron chi connectivity index (χ0n) is 9.82. The Morgan fingerprint density at radius 3 is 2.80 bits per heavy atom. The van der Waals surface area contributed by atoms with Crippen LogP contribution in [0.25, 0.3) is 0 Å². The highest BCUT2D eigenvalue weighted by molar-refractivity contribution is 5.06. The van der Waals surface area contributed by atoms with Gasteiger partial charge in [-0.3, -0.25) is 0 Å². The molecule has 84 valence electrons. The molecule has 1 aromatic heterocycles. The van der Waals surface area contributed by atoms with Gasteiger partial charge >= 0.3 is 0 Å². The smallest absolute Gasteiger partial charge is 0.137 e. The number of hydrogen-bond donors (Lipinski definition) is 1. The van der Waals surface area contributed by atoms with Gasteiger partial charge in [0.05, 0.1) is 0 Å². The van der Waals surface area contributed by atoms with E-state index in [0.29, 0.717) is 11.8 Å². The topological polar surface area (TPSA) is 42.7 Å². The Hall–Kier alpha value is -0.900. The van der Waals surface area contributed by atoms with Crippen LogP contribution in [0.3, 0.4) is 0 Å². The summed E-state index contributed by atoms with van der Waals surface area (Å²) in [6.07, 6.45) is 1.14. The van der Waals surface area contributed by atoms with Crippen molar-refractivity contribution in [3.8, 4) is 0 Å². The summed E-state index contributed by atoms with van der Waals surface area (Å²) in [7, 11) is 0. The zero-order valence-corrected chi connectivity index (χ0v) is 9.82. The molecule has 1 N–H and O–H groups in total. The van der Waals surface area contributed by atoms with E-state index < -0.39 is 0 Å². The van der Waals surface area contributed by atoms with Crippen LogP contribution in [0.1, 0.15) is 37.8 Å². The lowest BCUT2D eigenvalue weighted by atomic mass is 9.97. The summed E-state index contributed by atoms with van der Waals surface area (Å²) in [5.74, 6) is 3.43. The number of nitrogens with zero attached hydrogens (tertiary/aromatic N) is 3. The van der Waals surface area contributed by atoms with E-state index in [0.717, 1.165) is 31.9 Å².